The fraction of sp³-hybridized carbons (Fsp3) is 0.368. The van der Waals surface area contributed by atoms with Gasteiger partial charge >= 0.3 is 0 Å². The monoisotopic (exact) mass is 404 g/mol. The SMILES string of the molecule is CC(=O)c1cccc(C(C)=O)c1.COCN1C(=O)C2(C1=O)C(=O)N(COC)C2=O. The van der Waals surface area contributed by atoms with Crippen LogP contribution in [-0.2, 0) is 28.7 Å². The molecule has 154 valence electrons. The van der Waals surface area contributed by atoms with Crippen LogP contribution in [0, 0.1) is 5.41 Å². The van der Waals surface area contributed by atoms with Crippen molar-refractivity contribution in [2.45, 2.75) is 13.8 Å². The van der Waals surface area contributed by atoms with Crippen LogP contribution >= 0.6 is 0 Å². The van der Waals surface area contributed by atoms with Crippen LogP contribution in [0.25, 0.3) is 0 Å². The van der Waals surface area contributed by atoms with Crippen molar-refractivity contribution in [3.05, 3.63) is 35.4 Å². The zero-order valence-corrected chi connectivity index (χ0v) is 16.4. The Morgan fingerprint density at radius 3 is 1.41 bits per heavy atom. The summed E-state index contributed by atoms with van der Waals surface area (Å²) >= 11 is 0. The van der Waals surface area contributed by atoms with Gasteiger partial charge in [-0.1, -0.05) is 18.2 Å². The lowest BCUT2D eigenvalue weighted by molar-refractivity contribution is -0.206. The number of nitrogens with zero attached hydrogens (tertiary/aromatic N) is 2. The quantitative estimate of drug-likeness (QED) is 0.369. The van der Waals surface area contributed by atoms with E-state index in [1.165, 1.54) is 28.1 Å². The fourth-order valence-electron chi connectivity index (χ4n) is 2.89. The number of ketones is 2. The van der Waals surface area contributed by atoms with Gasteiger partial charge in [-0.25, -0.2) is 0 Å². The smallest absolute Gasteiger partial charge is 0.285 e. The highest BCUT2D eigenvalue weighted by molar-refractivity contribution is 6.52. The van der Waals surface area contributed by atoms with Crippen molar-refractivity contribution in [2.75, 3.05) is 27.7 Å². The van der Waals surface area contributed by atoms with Crippen molar-refractivity contribution in [2.24, 2.45) is 5.41 Å². The van der Waals surface area contributed by atoms with E-state index in [1.807, 2.05) is 0 Å². The summed E-state index contributed by atoms with van der Waals surface area (Å²) in [6, 6.07) is 6.74. The summed E-state index contributed by atoms with van der Waals surface area (Å²) < 4.78 is 9.23. The van der Waals surface area contributed by atoms with Gasteiger partial charge < -0.3 is 9.47 Å². The van der Waals surface area contributed by atoms with Crippen molar-refractivity contribution in [1.82, 2.24) is 9.80 Å². The molecule has 10 heteroatoms. The van der Waals surface area contributed by atoms with E-state index >= 15 is 0 Å². The number of hydrogen-bond donors (Lipinski definition) is 0. The first kappa shape index (κ1) is 22.1. The Balaban J connectivity index is 0.000000221. The van der Waals surface area contributed by atoms with Crippen molar-refractivity contribution < 1.29 is 38.2 Å². The molecule has 0 atom stereocenters. The second-order valence-corrected chi connectivity index (χ2v) is 6.36. The van der Waals surface area contributed by atoms with Crippen molar-refractivity contribution in [3.8, 4) is 0 Å². The molecule has 2 aliphatic heterocycles. The molecular formula is C19H20N2O8. The van der Waals surface area contributed by atoms with Crippen LogP contribution in [-0.4, -0.2) is 72.7 Å². The molecule has 0 bridgehead atoms. The number of ether oxygens (including phenoxy) is 2. The molecule has 3 rings (SSSR count). The van der Waals surface area contributed by atoms with Crippen LogP contribution in [0.4, 0.5) is 0 Å². The molecule has 2 aliphatic rings. The van der Waals surface area contributed by atoms with Crippen LogP contribution in [0.2, 0.25) is 0 Å². The first-order valence-electron chi connectivity index (χ1n) is 8.47. The minimum absolute atomic E-state index is 0.0156. The number of benzene rings is 1. The zero-order valence-electron chi connectivity index (χ0n) is 16.4. The number of Topliss-reactive ketones (excluding diaryl/α,β-unsaturated/α-hetero) is 2. The number of hydrogen-bond acceptors (Lipinski definition) is 8. The predicted molar refractivity (Wildman–Crippen MR) is 96.3 cm³/mol. The van der Waals surface area contributed by atoms with Gasteiger partial charge in [-0.2, -0.15) is 0 Å². The van der Waals surface area contributed by atoms with E-state index in [0.29, 0.717) is 11.1 Å². The first-order valence-corrected chi connectivity index (χ1v) is 8.47. The highest BCUT2D eigenvalue weighted by atomic mass is 16.5. The number of rotatable bonds is 6. The number of methoxy groups -OCH3 is 2. The van der Waals surface area contributed by atoms with E-state index in [4.69, 9.17) is 0 Å². The zero-order chi connectivity index (χ0) is 21.9. The van der Waals surface area contributed by atoms with Crippen LogP contribution in [0.5, 0.6) is 0 Å². The molecule has 0 N–H and O–H groups in total. The molecule has 10 nitrogen and oxygen atoms in total. The molecule has 0 saturated carbocycles. The summed E-state index contributed by atoms with van der Waals surface area (Å²) in [6.45, 7) is 2.45. The van der Waals surface area contributed by atoms with Gasteiger partial charge in [-0.3, -0.25) is 38.6 Å². The Morgan fingerprint density at radius 1 is 0.793 bits per heavy atom. The third kappa shape index (κ3) is 3.47. The van der Waals surface area contributed by atoms with Gasteiger partial charge in [0.25, 0.3) is 29.0 Å². The van der Waals surface area contributed by atoms with Gasteiger partial charge in [0.1, 0.15) is 13.5 Å². The Kier molecular flexibility index (Phi) is 6.40. The molecule has 1 aromatic rings. The van der Waals surface area contributed by atoms with Crippen LogP contribution in [0.1, 0.15) is 34.6 Å². The third-order valence-corrected chi connectivity index (χ3v) is 4.46. The fourth-order valence-corrected chi connectivity index (χ4v) is 2.89. The molecule has 0 radical (unpaired) electrons. The van der Waals surface area contributed by atoms with E-state index in [9.17, 15) is 28.8 Å². The van der Waals surface area contributed by atoms with E-state index in [1.54, 1.807) is 24.3 Å². The summed E-state index contributed by atoms with van der Waals surface area (Å²) in [5.74, 6) is -3.34. The Hall–Kier alpha value is -3.24. The number of amides is 4. The van der Waals surface area contributed by atoms with E-state index in [0.717, 1.165) is 9.80 Å². The topological polar surface area (TPSA) is 127 Å². The van der Waals surface area contributed by atoms with Crippen LogP contribution in [0.3, 0.4) is 0 Å². The molecule has 4 amide bonds. The van der Waals surface area contributed by atoms with Crippen molar-refractivity contribution in [3.63, 3.8) is 0 Å². The molecule has 0 aliphatic carbocycles. The summed E-state index contributed by atoms with van der Waals surface area (Å²) in [6.07, 6.45) is 0. The molecule has 2 heterocycles. The molecule has 1 spiro atoms. The number of imide groups is 2. The van der Waals surface area contributed by atoms with Gasteiger partial charge in [0.2, 0.25) is 0 Å². The van der Waals surface area contributed by atoms with Gasteiger partial charge in [0.15, 0.2) is 11.6 Å². The number of carbonyl (C=O) groups is 6. The maximum absolute atomic E-state index is 11.7. The van der Waals surface area contributed by atoms with E-state index in [-0.39, 0.29) is 25.0 Å². The third-order valence-electron chi connectivity index (χ3n) is 4.46. The molecule has 2 saturated heterocycles. The van der Waals surface area contributed by atoms with E-state index in [2.05, 4.69) is 9.47 Å². The number of β-lactam (4-membered cyclic amide) rings is 4. The first-order chi connectivity index (χ1) is 13.6. The molecule has 0 aromatic heterocycles. The minimum Gasteiger partial charge on any atom is -0.364 e. The lowest BCUT2D eigenvalue weighted by Gasteiger charge is -2.51. The Labute approximate surface area is 166 Å². The highest BCUT2D eigenvalue weighted by Crippen LogP contribution is 2.44. The summed E-state index contributed by atoms with van der Waals surface area (Å²) in [4.78, 5) is 69.9. The van der Waals surface area contributed by atoms with Gasteiger partial charge in [-0.05, 0) is 19.9 Å². The normalized spacial score (nSPS) is 16.8. The average Bonchev–Trinajstić information content (AvgIpc) is 2.71. The van der Waals surface area contributed by atoms with Crippen molar-refractivity contribution in [1.29, 1.82) is 0 Å². The summed E-state index contributed by atoms with van der Waals surface area (Å²) in [5, 5.41) is 0. The predicted octanol–water partition coefficient (Wildman–Crippen LogP) is 0.0100. The second kappa shape index (κ2) is 8.41. The largest absolute Gasteiger partial charge is 0.364 e. The second-order valence-electron chi connectivity index (χ2n) is 6.36. The molecule has 2 fully saturated rings. The number of carbonyl (C=O) groups excluding carboxylic acids is 6. The standard InChI is InChI=1S/C10H10O2.C9H10N2O6/c1-7(11)9-4-3-5-10(6-9)8(2)12;1-16-3-10-5(12)9(6(10)13)7(14)11(4-17-2)8(9)15/h3-6H,1-2H3;3-4H2,1-2H3. The van der Waals surface area contributed by atoms with E-state index < -0.39 is 29.0 Å². The average molecular weight is 404 g/mol. The Bertz CT molecular complexity index is 802. The summed E-state index contributed by atoms with van der Waals surface area (Å²) in [7, 11) is 2.60. The maximum Gasteiger partial charge on any atom is 0.285 e. The molecular weight excluding hydrogens is 384 g/mol. The molecule has 0 unspecified atom stereocenters. The Morgan fingerprint density at radius 2 is 1.14 bits per heavy atom. The minimum atomic E-state index is -2.14. The lowest BCUT2D eigenvalue weighted by Crippen LogP contribution is -2.84. The lowest BCUT2D eigenvalue weighted by atomic mass is 9.69. The summed E-state index contributed by atoms with van der Waals surface area (Å²) in [5.41, 5.74) is -0.970. The van der Waals surface area contributed by atoms with Crippen LogP contribution in [0.15, 0.2) is 24.3 Å². The van der Waals surface area contributed by atoms with Gasteiger partial charge in [0, 0.05) is 25.3 Å². The van der Waals surface area contributed by atoms with Crippen LogP contribution < -0.4 is 0 Å². The highest BCUT2D eigenvalue weighted by Gasteiger charge is 2.80. The van der Waals surface area contributed by atoms with Gasteiger partial charge in [-0.15, -0.1) is 0 Å². The molecule has 29 heavy (non-hydrogen) atoms. The number of likely N-dealkylation sites (tertiary alicyclic amines) is 2. The molecule has 1 aromatic carbocycles. The van der Waals surface area contributed by atoms with Crippen molar-refractivity contribution >= 4 is 35.2 Å². The maximum atomic E-state index is 11.7. The van der Waals surface area contributed by atoms with Gasteiger partial charge in [0.05, 0.1) is 0 Å².